The predicted octanol–water partition coefficient (Wildman–Crippen LogP) is 1.78. The highest BCUT2D eigenvalue weighted by molar-refractivity contribution is 5.91. The molecule has 0 radical (unpaired) electrons. The number of phenols is 1. The molecule has 0 saturated heterocycles. The number of hydrazone groups is 1. The van der Waals surface area contributed by atoms with Crippen molar-refractivity contribution in [2.24, 2.45) is 5.10 Å². The van der Waals surface area contributed by atoms with Crippen molar-refractivity contribution in [1.29, 1.82) is 0 Å². The number of phenolic OH excluding ortho intramolecular Hbond substituents is 1. The molecule has 1 amide bonds. The Morgan fingerprint density at radius 1 is 1.14 bits per heavy atom. The third-order valence-corrected chi connectivity index (χ3v) is 2.88. The number of carbonyl (C=O) groups excluding carboxylic acids is 1. The summed E-state index contributed by atoms with van der Waals surface area (Å²) in [5, 5.41) is 22.2. The van der Waals surface area contributed by atoms with Gasteiger partial charge in [0, 0.05) is 5.56 Å². The number of carbonyl (C=O) groups is 2. The summed E-state index contributed by atoms with van der Waals surface area (Å²) in [7, 11) is 0. The summed E-state index contributed by atoms with van der Waals surface area (Å²) in [6.45, 7) is 0. The summed E-state index contributed by atoms with van der Waals surface area (Å²) in [5.41, 5.74) is 3.50. The highest BCUT2D eigenvalue weighted by Gasteiger charge is 2.06. The van der Waals surface area contributed by atoms with Crippen LogP contribution < -0.4 is 5.43 Å². The van der Waals surface area contributed by atoms with Crippen LogP contribution in [0.15, 0.2) is 53.6 Å². The van der Waals surface area contributed by atoms with Gasteiger partial charge in [0.05, 0.1) is 18.2 Å². The van der Waals surface area contributed by atoms with Gasteiger partial charge in [-0.05, 0) is 23.8 Å². The molecule has 2 aromatic rings. The van der Waals surface area contributed by atoms with E-state index in [1.807, 2.05) is 30.3 Å². The lowest BCUT2D eigenvalue weighted by Gasteiger charge is -2.02. The lowest BCUT2D eigenvalue weighted by Crippen LogP contribution is -2.19. The van der Waals surface area contributed by atoms with E-state index in [2.05, 4.69) is 10.5 Å². The van der Waals surface area contributed by atoms with Crippen LogP contribution in [-0.2, 0) is 11.2 Å². The zero-order valence-electron chi connectivity index (χ0n) is 11.6. The van der Waals surface area contributed by atoms with Crippen LogP contribution in [-0.4, -0.2) is 28.3 Å². The summed E-state index contributed by atoms with van der Waals surface area (Å²) >= 11 is 0. The number of aromatic carboxylic acids is 1. The molecule has 112 valence electrons. The van der Waals surface area contributed by atoms with E-state index < -0.39 is 5.97 Å². The molecule has 2 rings (SSSR count). The Kier molecular flexibility index (Phi) is 4.87. The van der Waals surface area contributed by atoms with Gasteiger partial charge in [-0.2, -0.15) is 5.10 Å². The van der Waals surface area contributed by atoms with E-state index in [1.165, 1.54) is 18.3 Å². The van der Waals surface area contributed by atoms with Gasteiger partial charge in [0.15, 0.2) is 0 Å². The molecule has 6 heteroatoms. The van der Waals surface area contributed by atoms with Crippen LogP contribution in [0.1, 0.15) is 21.5 Å². The number of benzene rings is 2. The maximum Gasteiger partial charge on any atom is 0.335 e. The molecule has 0 saturated carbocycles. The van der Waals surface area contributed by atoms with Crippen molar-refractivity contribution in [1.82, 2.24) is 5.43 Å². The van der Waals surface area contributed by atoms with E-state index in [-0.39, 0.29) is 23.6 Å². The average molecular weight is 298 g/mol. The molecular weight excluding hydrogens is 284 g/mol. The lowest BCUT2D eigenvalue weighted by molar-refractivity contribution is -0.120. The molecule has 0 atom stereocenters. The van der Waals surface area contributed by atoms with Gasteiger partial charge in [0.25, 0.3) is 0 Å². The van der Waals surface area contributed by atoms with Gasteiger partial charge < -0.3 is 10.2 Å². The quantitative estimate of drug-likeness (QED) is 0.579. The molecule has 0 bridgehead atoms. The number of hydrogen-bond acceptors (Lipinski definition) is 4. The van der Waals surface area contributed by atoms with Gasteiger partial charge in [-0.25, -0.2) is 10.2 Å². The Labute approximate surface area is 126 Å². The molecule has 2 aromatic carbocycles. The molecule has 0 aliphatic rings. The minimum Gasteiger partial charge on any atom is -0.507 e. The number of aromatic hydroxyl groups is 1. The van der Waals surface area contributed by atoms with Gasteiger partial charge in [-0.3, -0.25) is 4.79 Å². The maximum atomic E-state index is 11.7. The van der Waals surface area contributed by atoms with Crippen LogP contribution >= 0.6 is 0 Å². The first-order chi connectivity index (χ1) is 10.6. The van der Waals surface area contributed by atoms with Crippen molar-refractivity contribution in [2.45, 2.75) is 6.42 Å². The summed E-state index contributed by atoms with van der Waals surface area (Å²) in [6, 6.07) is 13.1. The van der Waals surface area contributed by atoms with Gasteiger partial charge in [0.2, 0.25) is 5.91 Å². The summed E-state index contributed by atoms with van der Waals surface area (Å²) in [5.74, 6) is -1.64. The second kappa shape index (κ2) is 7.03. The smallest absolute Gasteiger partial charge is 0.335 e. The van der Waals surface area contributed by atoms with Gasteiger partial charge in [-0.15, -0.1) is 0 Å². The monoisotopic (exact) mass is 298 g/mol. The molecule has 0 aliphatic heterocycles. The third kappa shape index (κ3) is 4.17. The van der Waals surface area contributed by atoms with Crippen molar-refractivity contribution >= 4 is 18.1 Å². The fourth-order valence-electron chi connectivity index (χ4n) is 1.78. The van der Waals surface area contributed by atoms with Crippen LogP contribution in [0.3, 0.4) is 0 Å². The molecule has 0 aliphatic carbocycles. The molecule has 22 heavy (non-hydrogen) atoms. The Bertz CT molecular complexity index is 711. The normalized spacial score (nSPS) is 10.5. The Balaban J connectivity index is 1.95. The standard InChI is InChI=1S/C16H14N2O4/c19-14-9-12(16(21)22)6-7-13(14)10-17-18-15(20)8-11-4-2-1-3-5-11/h1-7,9-10,19H,8H2,(H,18,20)(H,21,22)/b17-10+. The highest BCUT2D eigenvalue weighted by Crippen LogP contribution is 2.16. The Morgan fingerprint density at radius 3 is 2.50 bits per heavy atom. The maximum absolute atomic E-state index is 11.7. The first kappa shape index (κ1) is 15.2. The first-order valence-electron chi connectivity index (χ1n) is 6.48. The van der Waals surface area contributed by atoms with Crippen molar-refractivity contribution in [2.75, 3.05) is 0 Å². The number of hydrogen-bond donors (Lipinski definition) is 3. The van der Waals surface area contributed by atoms with Crippen LogP contribution in [0, 0.1) is 0 Å². The third-order valence-electron chi connectivity index (χ3n) is 2.88. The zero-order valence-corrected chi connectivity index (χ0v) is 11.6. The van der Waals surface area contributed by atoms with Crippen molar-refractivity contribution in [3.8, 4) is 5.75 Å². The van der Waals surface area contributed by atoms with Crippen LogP contribution in [0.25, 0.3) is 0 Å². The van der Waals surface area contributed by atoms with Crippen LogP contribution in [0.2, 0.25) is 0 Å². The van der Waals surface area contributed by atoms with Gasteiger partial charge in [-0.1, -0.05) is 30.3 Å². The van der Waals surface area contributed by atoms with Crippen molar-refractivity contribution in [3.63, 3.8) is 0 Å². The Hall–Kier alpha value is -3.15. The molecule has 0 fully saturated rings. The zero-order chi connectivity index (χ0) is 15.9. The van der Waals surface area contributed by atoms with E-state index in [9.17, 15) is 14.7 Å². The summed E-state index contributed by atoms with van der Waals surface area (Å²) < 4.78 is 0. The van der Waals surface area contributed by atoms with Crippen molar-refractivity contribution < 1.29 is 19.8 Å². The number of rotatable bonds is 5. The van der Waals surface area contributed by atoms with Crippen molar-refractivity contribution in [3.05, 3.63) is 65.2 Å². The number of amides is 1. The predicted molar refractivity (Wildman–Crippen MR) is 80.9 cm³/mol. The summed E-state index contributed by atoms with van der Waals surface area (Å²) in [4.78, 5) is 22.4. The van der Waals surface area contributed by atoms with E-state index in [0.29, 0.717) is 5.56 Å². The first-order valence-corrected chi connectivity index (χ1v) is 6.48. The van der Waals surface area contributed by atoms with Gasteiger partial charge in [0.1, 0.15) is 5.75 Å². The molecule has 6 nitrogen and oxygen atoms in total. The van der Waals surface area contributed by atoms with E-state index >= 15 is 0 Å². The number of nitrogens with zero attached hydrogens (tertiary/aromatic N) is 1. The second-order valence-electron chi connectivity index (χ2n) is 4.53. The lowest BCUT2D eigenvalue weighted by atomic mass is 10.1. The van der Waals surface area contributed by atoms with E-state index in [1.54, 1.807) is 0 Å². The van der Waals surface area contributed by atoms with Crippen LogP contribution in [0.5, 0.6) is 5.75 Å². The highest BCUT2D eigenvalue weighted by atomic mass is 16.4. The molecule has 0 aromatic heterocycles. The summed E-state index contributed by atoms with van der Waals surface area (Å²) in [6.07, 6.45) is 1.45. The Morgan fingerprint density at radius 2 is 1.86 bits per heavy atom. The number of nitrogens with one attached hydrogen (secondary N) is 1. The van der Waals surface area contributed by atoms with E-state index in [4.69, 9.17) is 5.11 Å². The fourth-order valence-corrected chi connectivity index (χ4v) is 1.78. The molecular formula is C16H14N2O4. The topological polar surface area (TPSA) is 99.0 Å². The molecule has 0 unspecified atom stereocenters. The number of carboxylic acids is 1. The largest absolute Gasteiger partial charge is 0.507 e. The SMILES string of the molecule is O=C(Cc1ccccc1)N/N=C/c1ccc(C(=O)O)cc1O. The second-order valence-corrected chi connectivity index (χ2v) is 4.53. The minimum atomic E-state index is -1.13. The molecule has 3 N–H and O–H groups in total. The van der Waals surface area contributed by atoms with Crippen LogP contribution in [0.4, 0.5) is 0 Å². The fraction of sp³-hybridized carbons (Fsp3) is 0.0625. The van der Waals surface area contributed by atoms with E-state index in [0.717, 1.165) is 11.6 Å². The average Bonchev–Trinajstić information content (AvgIpc) is 2.49. The number of carboxylic acid groups (broad SMARTS) is 1. The van der Waals surface area contributed by atoms with Gasteiger partial charge >= 0.3 is 5.97 Å². The molecule has 0 heterocycles. The minimum absolute atomic E-state index is 0.0252. The molecule has 0 spiro atoms.